The van der Waals surface area contributed by atoms with E-state index in [9.17, 15) is 5.21 Å². The van der Waals surface area contributed by atoms with Gasteiger partial charge in [0.15, 0.2) is 11.6 Å². The average molecular weight is 397 g/mol. The fourth-order valence-corrected chi connectivity index (χ4v) is 2.62. The van der Waals surface area contributed by atoms with Crippen molar-refractivity contribution in [3.8, 4) is 46.3 Å². The molecule has 3 aromatic rings. The van der Waals surface area contributed by atoms with Gasteiger partial charge in [0.2, 0.25) is 23.5 Å². The Kier molecular flexibility index (Phi) is 6.03. The number of ether oxygens (including phenoxy) is 4. The molecule has 29 heavy (non-hydrogen) atoms. The van der Waals surface area contributed by atoms with Gasteiger partial charge in [-0.25, -0.2) is 0 Å². The molecule has 2 aromatic heterocycles. The lowest BCUT2D eigenvalue weighted by atomic mass is 10.0. The molecule has 0 amide bonds. The first-order chi connectivity index (χ1) is 14.1. The number of aromatic nitrogens is 4. The lowest BCUT2D eigenvalue weighted by Gasteiger charge is -2.12. The quantitative estimate of drug-likeness (QED) is 0.364. The average Bonchev–Trinajstić information content (AvgIpc) is 2.78. The highest BCUT2D eigenvalue weighted by atomic mass is 16.5. The van der Waals surface area contributed by atoms with Gasteiger partial charge in [-0.2, -0.15) is 19.9 Å². The molecule has 0 saturated heterocycles. The molecule has 1 N–H and O–H groups in total. The Morgan fingerprint density at radius 3 is 1.41 bits per heavy atom. The van der Waals surface area contributed by atoms with Crippen LogP contribution in [0, 0.1) is 0 Å². The highest BCUT2D eigenvalue weighted by molar-refractivity contribution is 5.96. The molecule has 0 aliphatic carbocycles. The predicted molar refractivity (Wildman–Crippen MR) is 104 cm³/mol. The van der Waals surface area contributed by atoms with Gasteiger partial charge >= 0.3 is 0 Å². The van der Waals surface area contributed by atoms with E-state index in [-0.39, 0.29) is 0 Å². The van der Waals surface area contributed by atoms with Crippen molar-refractivity contribution in [3.63, 3.8) is 0 Å². The van der Waals surface area contributed by atoms with E-state index in [1.807, 2.05) is 0 Å². The van der Waals surface area contributed by atoms with Gasteiger partial charge in [0.05, 0.1) is 46.8 Å². The zero-order valence-corrected chi connectivity index (χ0v) is 16.3. The molecule has 0 atom stereocenters. The van der Waals surface area contributed by atoms with Gasteiger partial charge < -0.3 is 24.2 Å². The molecule has 1 aromatic carbocycles. The Bertz CT molecular complexity index is 923. The third-order valence-corrected chi connectivity index (χ3v) is 3.97. The Labute approximate surface area is 166 Å². The van der Waals surface area contributed by atoms with E-state index in [2.05, 4.69) is 25.1 Å². The molecule has 0 aliphatic rings. The Hall–Kier alpha value is -3.95. The van der Waals surface area contributed by atoms with Crippen molar-refractivity contribution in [2.75, 3.05) is 28.4 Å². The van der Waals surface area contributed by atoms with Crippen LogP contribution in [0.2, 0.25) is 0 Å². The molecular formula is C19H19N5O5. The monoisotopic (exact) mass is 397 g/mol. The number of hydrogen-bond donors (Lipinski definition) is 1. The maximum Gasteiger partial charge on any atom is 0.220 e. The first-order valence-corrected chi connectivity index (χ1v) is 8.38. The number of oxime groups is 1. The second kappa shape index (κ2) is 8.83. The van der Waals surface area contributed by atoms with E-state index in [4.69, 9.17) is 18.9 Å². The topological polar surface area (TPSA) is 121 Å². The van der Waals surface area contributed by atoms with Crippen LogP contribution in [0.25, 0.3) is 22.8 Å². The summed E-state index contributed by atoms with van der Waals surface area (Å²) in [5.41, 5.74) is 1.60. The van der Waals surface area contributed by atoms with Crippen LogP contribution in [0.5, 0.6) is 23.5 Å². The summed E-state index contributed by atoms with van der Waals surface area (Å²) in [6.45, 7) is 0. The van der Waals surface area contributed by atoms with Gasteiger partial charge in [-0.15, -0.1) is 0 Å². The third kappa shape index (κ3) is 4.15. The Morgan fingerprint density at radius 1 is 0.724 bits per heavy atom. The first kappa shape index (κ1) is 19.8. The Morgan fingerprint density at radius 2 is 1.10 bits per heavy atom. The molecule has 150 valence electrons. The minimum Gasteiger partial charge on any atom is -0.481 e. The molecule has 0 unspecified atom stereocenters. The number of benzene rings is 1. The standard InChI is InChI=1S/C19H19N5O5/c1-26-14-8-15(27-2)22-18(21-14)11-6-5-7-12(13(11)10-20-25)19-23-16(28-3)9-17(24-19)29-4/h5-10,25H,1-4H3. The number of rotatable bonds is 7. The number of hydrogen-bond acceptors (Lipinski definition) is 10. The number of nitrogens with zero attached hydrogens (tertiary/aromatic N) is 5. The van der Waals surface area contributed by atoms with Crippen molar-refractivity contribution in [1.29, 1.82) is 0 Å². The third-order valence-electron chi connectivity index (χ3n) is 3.97. The van der Waals surface area contributed by atoms with Crippen LogP contribution in [-0.2, 0) is 0 Å². The molecule has 0 radical (unpaired) electrons. The maximum absolute atomic E-state index is 9.25. The highest BCUT2D eigenvalue weighted by Crippen LogP contribution is 2.32. The molecule has 3 rings (SSSR count). The summed E-state index contributed by atoms with van der Waals surface area (Å²) >= 11 is 0. The molecule has 10 nitrogen and oxygen atoms in total. The van der Waals surface area contributed by atoms with E-state index in [1.54, 1.807) is 30.3 Å². The fourth-order valence-electron chi connectivity index (χ4n) is 2.62. The van der Waals surface area contributed by atoms with Gasteiger partial charge in [0, 0.05) is 16.7 Å². The summed E-state index contributed by atoms with van der Waals surface area (Å²) < 4.78 is 20.9. The normalized spacial score (nSPS) is 10.8. The summed E-state index contributed by atoms with van der Waals surface area (Å²) in [7, 11) is 5.98. The van der Waals surface area contributed by atoms with Gasteiger partial charge in [-0.1, -0.05) is 23.4 Å². The lowest BCUT2D eigenvalue weighted by molar-refractivity contribution is 0.322. The highest BCUT2D eigenvalue weighted by Gasteiger charge is 2.18. The SMILES string of the molecule is COc1cc(OC)nc(-c2cccc(-c3nc(OC)cc(OC)n3)c2C=NO)n1. The van der Waals surface area contributed by atoms with Crippen LogP contribution in [-0.4, -0.2) is 59.8 Å². The first-order valence-electron chi connectivity index (χ1n) is 8.38. The van der Waals surface area contributed by atoms with Gasteiger partial charge in [0.25, 0.3) is 0 Å². The summed E-state index contributed by atoms with van der Waals surface area (Å²) in [6, 6.07) is 8.44. The van der Waals surface area contributed by atoms with Crippen LogP contribution < -0.4 is 18.9 Å². The lowest BCUT2D eigenvalue weighted by Crippen LogP contribution is -2.03. The molecule has 0 saturated carbocycles. The summed E-state index contributed by atoms with van der Waals surface area (Å²) in [5.74, 6) is 1.92. The van der Waals surface area contributed by atoms with Crippen LogP contribution in [0.15, 0.2) is 35.5 Å². The van der Waals surface area contributed by atoms with Gasteiger partial charge in [0.1, 0.15) is 0 Å². The number of methoxy groups -OCH3 is 4. The summed E-state index contributed by atoms with van der Waals surface area (Å²) in [4.78, 5) is 17.5. The Balaban J connectivity index is 2.26. The van der Waals surface area contributed by atoms with Crippen molar-refractivity contribution >= 4 is 6.21 Å². The molecule has 0 spiro atoms. The van der Waals surface area contributed by atoms with Crippen molar-refractivity contribution in [2.45, 2.75) is 0 Å². The van der Waals surface area contributed by atoms with Crippen molar-refractivity contribution < 1.29 is 24.2 Å². The van der Waals surface area contributed by atoms with Crippen LogP contribution in [0.1, 0.15) is 5.56 Å². The molecule has 0 bridgehead atoms. The van der Waals surface area contributed by atoms with E-state index in [1.165, 1.54) is 34.7 Å². The zero-order valence-electron chi connectivity index (χ0n) is 16.3. The van der Waals surface area contributed by atoms with Crippen LogP contribution in [0.3, 0.4) is 0 Å². The smallest absolute Gasteiger partial charge is 0.220 e. The minimum absolute atomic E-state index is 0.313. The maximum atomic E-state index is 9.25. The summed E-state index contributed by atoms with van der Waals surface area (Å²) in [5, 5.41) is 12.4. The van der Waals surface area contributed by atoms with Gasteiger partial charge in [-0.05, 0) is 0 Å². The van der Waals surface area contributed by atoms with E-state index >= 15 is 0 Å². The molecule has 10 heteroatoms. The van der Waals surface area contributed by atoms with Crippen molar-refractivity contribution in [3.05, 3.63) is 35.9 Å². The summed E-state index contributed by atoms with van der Waals surface area (Å²) in [6.07, 6.45) is 1.26. The van der Waals surface area contributed by atoms with Gasteiger partial charge in [-0.3, -0.25) is 0 Å². The van der Waals surface area contributed by atoms with Crippen LogP contribution >= 0.6 is 0 Å². The molecule has 2 heterocycles. The second-order valence-electron chi connectivity index (χ2n) is 5.56. The second-order valence-corrected chi connectivity index (χ2v) is 5.56. The molecule has 0 aliphatic heterocycles. The fraction of sp³-hybridized carbons (Fsp3) is 0.211. The van der Waals surface area contributed by atoms with Crippen molar-refractivity contribution in [1.82, 2.24) is 19.9 Å². The van der Waals surface area contributed by atoms with E-state index < -0.39 is 0 Å². The zero-order chi connectivity index (χ0) is 20.8. The van der Waals surface area contributed by atoms with Crippen molar-refractivity contribution in [2.24, 2.45) is 5.16 Å². The van der Waals surface area contributed by atoms with Crippen LogP contribution in [0.4, 0.5) is 0 Å². The molecular weight excluding hydrogens is 378 g/mol. The largest absolute Gasteiger partial charge is 0.481 e. The molecule has 0 fully saturated rings. The predicted octanol–water partition coefficient (Wildman–Crippen LogP) is 2.44. The minimum atomic E-state index is 0.313. The van der Waals surface area contributed by atoms with E-state index in [0.29, 0.717) is 51.9 Å². The van der Waals surface area contributed by atoms with E-state index in [0.717, 1.165) is 0 Å².